The average molecular weight is 267 g/mol. The standard InChI is InChI=1S/C14H25N3O2/c1-6-14(3,19-5)13-16-11(2)9-12(17-13)10-15-7-8-18-4/h9,15H,6-8,10H2,1-5H3. The average Bonchev–Trinajstić information content (AvgIpc) is 2.42. The predicted molar refractivity (Wildman–Crippen MR) is 75.0 cm³/mol. The highest BCUT2D eigenvalue weighted by Crippen LogP contribution is 2.25. The lowest BCUT2D eigenvalue weighted by Crippen LogP contribution is -2.28. The molecule has 1 aromatic heterocycles. The Morgan fingerprint density at radius 1 is 1.32 bits per heavy atom. The number of aromatic nitrogens is 2. The lowest BCUT2D eigenvalue weighted by atomic mass is 10.0. The van der Waals surface area contributed by atoms with Gasteiger partial charge in [-0.3, -0.25) is 0 Å². The zero-order valence-corrected chi connectivity index (χ0v) is 12.6. The Balaban J connectivity index is 2.82. The van der Waals surface area contributed by atoms with Crippen molar-refractivity contribution in [3.05, 3.63) is 23.3 Å². The molecule has 0 spiro atoms. The van der Waals surface area contributed by atoms with E-state index in [0.717, 1.165) is 30.2 Å². The lowest BCUT2D eigenvalue weighted by molar-refractivity contribution is -0.00930. The van der Waals surface area contributed by atoms with Crippen molar-refractivity contribution in [3.8, 4) is 0 Å². The first-order chi connectivity index (χ1) is 9.05. The Hall–Kier alpha value is -1.04. The van der Waals surface area contributed by atoms with Gasteiger partial charge in [-0.1, -0.05) is 6.92 Å². The molecule has 1 N–H and O–H groups in total. The lowest BCUT2D eigenvalue weighted by Gasteiger charge is -2.25. The van der Waals surface area contributed by atoms with Crippen LogP contribution >= 0.6 is 0 Å². The number of methoxy groups -OCH3 is 2. The van der Waals surface area contributed by atoms with E-state index in [1.807, 2.05) is 19.9 Å². The molecule has 19 heavy (non-hydrogen) atoms. The normalized spacial score (nSPS) is 14.4. The first kappa shape index (κ1) is 16.0. The van der Waals surface area contributed by atoms with Crippen LogP contribution in [-0.2, 0) is 21.6 Å². The number of hydrogen-bond donors (Lipinski definition) is 1. The van der Waals surface area contributed by atoms with E-state index in [1.165, 1.54) is 0 Å². The van der Waals surface area contributed by atoms with Gasteiger partial charge >= 0.3 is 0 Å². The van der Waals surface area contributed by atoms with Gasteiger partial charge in [0.15, 0.2) is 5.82 Å². The maximum Gasteiger partial charge on any atom is 0.160 e. The molecule has 5 heteroatoms. The van der Waals surface area contributed by atoms with Crippen LogP contribution in [-0.4, -0.2) is 37.3 Å². The van der Waals surface area contributed by atoms with Gasteiger partial charge in [0.25, 0.3) is 0 Å². The molecule has 0 radical (unpaired) electrons. The predicted octanol–water partition coefficient (Wildman–Crippen LogP) is 1.79. The van der Waals surface area contributed by atoms with Crippen LogP contribution in [0, 0.1) is 6.92 Å². The van der Waals surface area contributed by atoms with Crippen LogP contribution in [0.1, 0.15) is 37.5 Å². The van der Waals surface area contributed by atoms with E-state index >= 15 is 0 Å². The van der Waals surface area contributed by atoms with Crippen LogP contribution < -0.4 is 5.32 Å². The summed E-state index contributed by atoms with van der Waals surface area (Å²) < 4.78 is 10.6. The summed E-state index contributed by atoms with van der Waals surface area (Å²) in [7, 11) is 3.39. The van der Waals surface area contributed by atoms with Crippen molar-refractivity contribution in [2.75, 3.05) is 27.4 Å². The Bertz CT molecular complexity index is 392. The Kier molecular flexibility index (Phi) is 6.34. The first-order valence-electron chi connectivity index (χ1n) is 6.65. The largest absolute Gasteiger partial charge is 0.383 e. The van der Waals surface area contributed by atoms with Crippen molar-refractivity contribution in [2.24, 2.45) is 0 Å². The minimum Gasteiger partial charge on any atom is -0.383 e. The van der Waals surface area contributed by atoms with Crippen LogP contribution in [0.25, 0.3) is 0 Å². The molecule has 0 saturated carbocycles. The van der Waals surface area contributed by atoms with E-state index in [-0.39, 0.29) is 0 Å². The maximum absolute atomic E-state index is 5.56. The zero-order chi connectivity index (χ0) is 14.3. The summed E-state index contributed by atoms with van der Waals surface area (Å²) in [5.41, 5.74) is 1.52. The van der Waals surface area contributed by atoms with Gasteiger partial charge in [0.05, 0.1) is 12.3 Å². The van der Waals surface area contributed by atoms with E-state index in [1.54, 1.807) is 14.2 Å². The topological polar surface area (TPSA) is 56.3 Å². The molecule has 0 aliphatic rings. The van der Waals surface area contributed by atoms with Gasteiger partial charge in [-0.05, 0) is 26.3 Å². The molecule has 0 aromatic carbocycles. The summed E-state index contributed by atoms with van der Waals surface area (Å²) in [6.45, 7) is 8.29. The van der Waals surface area contributed by atoms with Gasteiger partial charge in [-0.25, -0.2) is 9.97 Å². The Labute approximate surface area is 115 Å². The van der Waals surface area contributed by atoms with Crippen molar-refractivity contribution in [2.45, 2.75) is 39.3 Å². The Morgan fingerprint density at radius 2 is 2.05 bits per heavy atom. The van der Waals surface area contributed by atoms with Gasteiger partial charge in [0.1, 0.15) is 5.60 Å². The van der Waals surface area contributed by atoms with E-state index in [2.05, 4.69) is 22.2 Å². The summed E-state index contributed by atoms with van der Waals surface area (Å²) in [6.07, 6.45) is 0.837. The van der Waals surface area contributed by atoms with Gasteiger partial charge < -0.3 is 14.8 Å². The molecule has 5 nitrogen and oxygen atoms in total. The highest BCUT2D eigenvalue weighted by molar-refractivity contribution is 5.13. The van der Waals surface area contributed by atoms with Crippen LogP contribution in [0.4, 0.5) is 0 Å². The number of aryl methyl sites for hydroxylation is 1. The number of rotatable bonds is 8. The SMILES string of the molecule is CCC(C)(OC)c1nc(C)cc(CNCCOC)n1. The van der Waals surface area contributed by atoms with Gasteiger partial charge in [-0.2, -0.15) is 0 Å². The molecular formula is C14H25N3O2. The molecule has 0 amide bonds. The highest BCUT2D eigenvalue weighted by atomic mass is 16.5. The summed E-state index contributed by atoms with van der Waals surface area (Å²) >= 11 is 0. The molecule has 1 rings (SSSR count). The molecule has 108 valence electrons. The third-order valence-electron chi connectivity index (χ3n) is 3.29. The number of hydrogen-bond acceptors (Lipinski definition) is 5. The fraction of sp³-hybridized carbons (Fsp3) is 0.714. The van der Waals surface area contributed by atoms with E-state index in [4.69, 9.17) is 9.47 Å². The van der Waals surface area contributed by atoms with Gasteiger partial charge in [-0.15, -0.1) is 0 Å². The summed E-state index contributed by atoms with van der Waals surface area (Å²) in [4.78, 5) is 9.11. The third-order valence-corrected chi connectivity index (χ3v) is 3.29. The Morgan fingerprint density at radius 3 is 2.63 bits per heavy atom. The monoisotopic (exact) mass is 267 g/mol. The van der Waals surface area contributed by atoms with E-state index < -0.39 is 5.60 Å². The summed E-state index contributed by atoms with van der Waals surface area (Å²) in [5, 5.41) is 3.29. The van der Waals surface area contributed by atoms with Crippen molar-refractivity contribution in [1.82, 2.24) is 15.3 Å². The minimum atomic E-state index is -0.423. The second kappa shape index (κ2) is 7.53. The van der Waals surface area contributed by atoms with Crippen molar-refractivity contribution < 1.29 is 9.47 Å². The molecule has 1 heterocycles. The van der Waals surface area contributed by atoms with E-state index in [9.17, 15) is 0 Å². The fourth-order valence-electron chi connectivity index (χ4n) is 1.75. The van der Waals surface area contributed by atoms with Crippen LogP contribution in [0.2, 0.25) is 0 Å². The second-order valence-electron chi connectivity index (χ2n) is 4.78. The number of nitrogens with one attached hydrogen (secondary N) is 1. The molecule has 0 aliphatic heterocycles. The van der Waals surface area contributed by atoms with Crippen molar-refractivity contribution in [3.63, 3.8) is 0 Å². The highest BCUT2D eigenvalue weighted by Gasteiger charge is 2.27. The van der Waals surface area contributed by atoms with Crippen LogP contribution in [0.15, 0.2) is 6.07 Å². The van der Waals surface area contributed by atoms with Crippen LogP contribution in [0.5, 0.6) is 0 Å². The molecule has 0 aliphatic carbocycles. The second-order valence-corrected chi connectivity index (χ2v) is 4.78. The molecule has 0 saturated heterocycles. The molecule has 1 aromatic rings. The van der Waals surface area contributed by atoms with Crippen molar-refractivity contribution >= 4 is 0 Å². The maximum atomic E-state index is 5.56. The number of nitrogens with zero attached hydrogens (tertiary/aromatic N) is 2. The molecule has 0 bridgehead atoms. The van der Waals surface area contributed by atoms with Crippen LogP contribution in [0.3, 0.4) is 0 Å². The zero-order valence-electron chi connectivity index (χ0n) is 12.6. The molecule has 0 fully saturated rings. The summed E-state index contributed by atoms with van der Waals surface area (Å²) in [6, 6.07) is 2.00. The van der Waals surface area contributed by atoms with E-state index in [0.29, 0.717) is 13.2 Å². The summed E-state index contributed by atoms with van der Waals surface area (Å²) in [5.74, 6) is 0.751. The number of ether oxygens (including phenoxy) is 2. The third kappa shape index (κ3) is 4.53. The van der Waals surface area contributed by atoms with Gasteiger partial charge in [0.2, 0.25) is 0 Å². The first-order valence-corrected chi connectivity index (χ1v) is 6.65. The quantitative estimate of drug-likeness (QED) is 0.728. The molecule has 1 atom stereocenters. The van der Waals surface area contributed by atoms with Gasteiger partial charge in [0, 0.05) is 33.0 Å². The smallest absolute Gasteiger partial charge is 0.160 e. The van der Waals surface area contributed by atoms with Crippen molar-refractivity contribution in [1.29, 1.82) is 0 Å². The molecular weight excluding hydrogens is 242 g/mol. The minimum absolute atomic E-state index is 0.423. The molecule has 1 unspecified atom stereocenters. The fourth-order valence-corrected chi connectivity index (χ4v) is 1.75.